The molecule has 0 aromatic rings. The van der Waals surface area contributed by atoms with Gasteiger partial charge in [0.25, 0.3) is 0 Å². The Morgan fingerprint density at radius 3 is 2.73 bits per heavy atom. The van der Waals surface area contributed by atoms with E-state index >= 15 is 0 Å². The molecule has 11 heavy (non-hydrogen) atoms. The number of hydrogen-bond donors (Lipinski definition) is 1. The fourth-order valence-electron chi connectivity index (χ4n) is 0.742. The lowest BCUT2D eigenvalue weighted by Gasteiger charge is -2.28. The molecule has 1 aliphatic rings. The highest BCUT2D eigenvalue weighted by Crippen LogP contribution is 2.10. The number of likely N-dealkylation sites (tertiary alicyclic amines) is 1. The number of aliphatic hydroxyl groups excluding tert-OH is 1. The number of aliphatic hydroxyl groups is 1. The average Bonchev–Trinajstić information content (AvgIpc) is 1.97. The normalized spacial score (nSPS) is 34.5. The lowest BCUT2D eigenvalue weighted by Crippen LogP contribution is -2.39. The number of hydrogen-bond acceptors (Lipinski definition) is 3. The summed E-state index contributed by atoms with van der Waals surface area (Å²) in [6.45, 7) is -4.48. The molecule has 0 spiro atoms. The minimum Gasteiger partial charge on any atom is -0.453 e. The molecule has 1 fully saturated rings. The third kappa shape index (κ3) is 2.08. The van der Waals surface area contributed by atoms with Gasteiger partial charge in [-0.3, -0.25) is 0 Å². The van der Waals surface area contributed by atoms with E-state index in [1.807, 2.05) is 0 Å². The highest BCUT2D eigenvalue weighted by molar-refractivity contribution is 5.67. The first kappa shape index (κ1) is 4.30. The quantitative estimate of drug-likeness (QED) is 0.555. The monoisotopic (exact) mass is 163 g/mol. The Hall–Kier alpha value is -0.770. The molecule has 1 saturated heterocycles. The third-order valence-electron chi connectivity index (χ3n) is 1.33. The molecule has 0 atom stereocenters. The highest BCUT2D eigenvalue weighted by atomic mass is 16.5. The molecule has 0 bridgehead atoms. The molecule has 4 nitrogen and oxygen atoms in total. The molecule has 64 valence electrons. The molecule has 1 heterocycles. The number of carbonyl (C=O) groups is 1. The molecule has 1 N–H and O–H groups in total. The van der Waals surface area contributed by atoms with Crippen molar-refractivity contribution in [2.24, 2.45) is 0 Å². The van der Waals surface area contributed by atoms with Crippen LogP contribution < -0.4 is 0 Å². The molecule has 0 saturated carbocycles. The molecule has 0 radical (unpaired) electrons. The smallest absolute Gasteiger partial charge is 0.409 e. The lowest BCUT2D eigenvalue weighted by molar-refractivity contribution is 0.0686. The Bertz CT molecular complexity index is 253. The van der Waals surface area contributed by atoms with Crippen LogP contribution in [-0.4, -0.2) is 42.3 Å². The Balaban J connectivity index is 3.02. The van der Waals surface area contributed by atoms with Crippen molar-refractivity contribution in [2.75, 3.05) is 20.1 Å². The van der Waals surface area contributed by atoms with E-state index in [0.29, 0.717) is 4.90 Å². The number of amides is 1. The number of piperidine rings is 1. The molecular formula is C7H13NO3. The van der Waals surface area contributed by atoms with Crippen LogP contribution in [0.4, 0.5) is 4.79 Å². The van der Waals surface area contributed by atoms with Crippen LogP contribution in [0.1, 0.15) is 18.3 Å². The van der Waals surface area contributed by atoms with Gasteiger partial charge in [-0.2, -0.15) is 0 Å². The minimum atomic E-state index is -2.24. The highest BCUT2D eigenvalue weighted by Gasteiger charge is 2.20. The molecule has 0 unspecified atom stereocenters. The van der Waals surface area contributed by atoms with Crippen molar-refractivity contribution in [3.05, 3.63) is 0 Å². The van der Waals surface area contributed by atoms with Crippen LogP contribution in [0, 0.1) is 0 Å². The van der Waals surface area contributed by atoms with Crippen LogP contribution >= 0.6 is 0 Å². The Labute approximate surface area is 71.4 Å². The number of rotatable bonds is 0. The van der Waals surface area contributed by atoms with E-state index in [4.69, 9.17) is 5.48 Å². The molecule has 1 aliphatic heterocycles. The van der Waals surface area contributed by atoms with Gasteiger partial charge in [-0.05, 0) is 12.8 Å². The van der Waals surface area contributed by atoms with E-state index in [2.05, 4.69) is 4.74 Å². The second kappa shape index (κ2) is 3.57. The fourth-order valence-corrected chi connectivity index (χ4v) is 0.742. The zero-order valence-corrected chi connectivity index (χ0v) is 6.20. The van der Waals surface area contributed by atoms with E-state index in [-0.39, 0.29) is 12.8 Å². The SMILES string of the molecule is [2H]C1([2H])CC(O)CC([2H])([2H])N1C(=O)OC. The minimum absolute atomic E-state index is 0.318. The Morgan fingerprint density at radius 2 is 2.27 bits per heavy atom. The van der Waals surface area contributed by atoms with Crippen LogP contribution in [0.5, 0.6) is 0 Å². The topological polar surface area (TPSA) is 49.8 Å². The molecule has 1 rings (SSSR count). The van der Waals surface area contributed by atoms with Crippen molar-refractivity contribution in [2.45, 2.75) is 18.9 Å². The van der Waals surface area contributed by atoms with Gasteiger partial charge in [0.1, 0.15) is 0 Å². The van der Waals surface area contributed by atoms with Crippen molar-refractivity contribution in [1.82, 2.24) is 4.90 Å². The summed E-state index contributed by atoms with van der Waals surface area (Å²) < 4.78 is 34.3. The van der Waals surface area contributed by atoms with Crippen LogP contribution in [0.2, 0.25) is 0 Å². The standard InChI is InChI=1S/C7H13NO3/c1-11-7(10)8-4-2-6(9)3-5-8/h6,9H,2-5H2,1H3/i4D2,5D2. The second-order valence-electron chi connectivity index (χ2n) is 2.18. The predicted molar refractivity (Wildman–Crippen MR) is 39.2 cm³/mol. The van der Waals surface area contributed by atoms with Crippen molar-refractivity contribution in [3.63, 3.8) is 0 Å². The van der Waals surface area contributed by atoms with Gasteiger partial charge in [0.2, 0.25) is 0 Å². The largest absolute Gasteiger partial charge is 0.453 e. The summed E-state index contributed by atoms with van der Waals surface area (Å²) in [6, 6.07) is 0. The zero-order valence-electron chi connectivity index (χ0n) is 10.2. The van der Waals surface area contributed by atoms with Crippen molar-refractivity contribution in [3.8, 4) is 0 Å². The maximum Gasteiger partial charge on any atom is 0.409 e. The molecule has 1 amide bonds. The summed E-state index contributed by atoms with van der Waals surface area (Å²) in [6.07, 6.45) is -2.81. The first-order chi connectivity index (χ1) is 6.70. The van der Waals surface area contributed by atoms with Gasteiger partial charge in [-0.1, -0.05) is 0 Å². The van der Waals surface area contributed by atoms with Gasteiger partial charge >= 0.3 is 6.09 Å². The summed E-state index contributed by atoms with van der Waals surface area (Å²) >= 11 is 0. The third-order valence-corrected chi connectivity index (χ3v) is 1.33. The molecule has 4 heteroatoms. The van der Waals surface area contributed by atoms with E-state index in [0.717, 1.165) is 7.11 Å². The van der Waals surface area contributed by atoms with E-state index in [1.54, 1.807) is 0 Å². The summed E-state index contributed by atoms with van der Waals surface area (Å²) in [5.74, 6) is 0. The van der Waals surface area contributed by atoms with Gasteiger partial charge < -0.3 is 14.7 Å². The maximum absolute atomic E-state index is 11.2. The Kier molecular flexibility index (Phi) is 1.40. The fraction of sp³-hybridized carbons (Fsp3) is 0.857. The molecular weight excluding hydrogens is 146 g/mol. The van der Waals surface area contributed by atoms with Crippen LogP contribution in [0.15, 0.2) is 0 Å². The van der Waals surface area contributed by atoms with Crippen LogP contribution in [0.25, 0.3) is 0 Å². The number of nitrogens with zero attached hydrogens (tertiary/aromatic N) is 1. The van der Waals surface area contributed by atoms with Crippen molar-refractivity contribution >= 4 is 6.09 Å². The van der Waals surface area contributed by atoms with Gasteiger partial charge in [0.15, 0.2) is 0 Å². The van der Waals surface area contributed by atoms with Gasteiger partial charge in [-0.15, -0.1) is 0 Å². The van der Waals surface area contributed by atoms with Gasteiger partial charge in [0, 0.05) is 18.5 Å². The average molecular weight is 163 g/mol. The molecule has 0 aliphatic carbocycles. The first-order valence-electron chi connectivity index (χ1n) is 5.27. The molecule has 0 aromatic heterocycles. The number of ether oxygens (including phenoxy) is 1. The van der Waals surface area contributed by atoms with Crippen molar-refractivity contribution in [1.29, 1.82) is 0 Å². The zero-order chi connectivity index (χ0) is 11.9. The van der Waals surface area contributed by atoms with E-state index in [1.165, 1.54) is 0 Å². The first-order valence-corrected chi connectivity index (χ1v) is 3.27. The lowest BCUT2D eigenvalue weighted by atomic mass is 10.1. The summed E-state index contributed by atoms with van der Waals surface area (Å²) in [4.78, 5) is 11.6. The predicted octanol–water partition coefficient (Wildman–Crippen LogP) is 0.210. The summed E-state index contributed by atoms with van der Waals surface area (Å²) in [5, 5.41) is 9.29. The van der Waals surface area contributed by atoms with Gasteiger partial charge in [-0.25, -0.2) is 4.79 Å². The van der Waals surface area contributed by atoms with Crippen LogP contribution in [0.3, 0.4) is 0 Å². The summed E-state index contributed by atoms with van der Waals surface area (Å²) in [7, 11) is 1.06. The van der Waals surface area contributed by atoms with E-state index < -0.39 is 25.2 Å². The summed E-state index contributed by atoms with van der Waals surface area (Å²) in [5.41, 5.74) is 0. The van der Waals surface area contributed by atoms with Crippen molar-refractivity contribution < 1.29 is 20.1 Å². The Morgan fingerprint density at radius 1 is 1.73 bits per heavy atom. The second-order valence-corrected chi connectivity index (χ2v) is 2.18. The molecule has 0 aromatic carbocycles. The van der Waals surface area contributed by atoms with E-state index in [9.17, 15) is 9.90 Å². The van der Waals surface area contributed by atoms with Gasteiger partial charge in [0.05, 0.1) is 13.2 Å². The number of methoxy groups -OCH3 is 1. The maximum atomic E-state index is 11.2. The van der Waals surface area contributed by atoms with Crippen LogP contribution in [-0.2, 0) is 4.74 Å². The number of carbonyl (C=O) groups excluding carboxylic acids is 1.